The van der Waals surface area contributed by atoms with Crippen LogP contribution < -0.4 is 10.1 Å². The number of thioether (sulfide) groups is 1. The molecule has 1 saturated heterocycles. The number of ether oxygens (including phenoxy) is 1. The summed E-state index contributed by atoms with van der Waals surface area (Å²) in [6.45, 7) is 2.96. The topological polar surface area (TPSA) is 76.5 Å². The highest BCUT2D eigenvalue weighted by Crippen LogP contribution is 2.34. The number of thiocarbonyl (C=S) groups is 1. The lowest BCUT2D eigenvalue weighted by Crippen LogP contribution is -2.47. The van der Waals surface area contributed by atoms with E-state index in [2.05, 4.69) is 10.3 Å². The molecule has 2 aromatic rings. The molecule has 1 atom stereocenters. The van der Waals surface area contributed by atoms with Gasteiger partial charge in [-0.3, -0.25) is 14.5 Å². The van der Waals surface area contributed by atoms with Crippen molar-refractivity contribution < 1.29 is 14.3 Å². The lowest BCUT2D eigenvalue weighted by atomic mass is 10.2. The molecule has 7 nitrogen and oxygen atoms in total. The number of imidazole rings is 1. The molecule has 29 heavy (non-hydrogen) atoms. The minimum absolute atomic E-state index is 0.227. The summed E-state index contributed by atoms with van der Waals surface area (Å²) in [6, 6.07) is 6.73. The van der Waals surface area contributed by atoms with Gasteiger partial charge in [0, 0.05) is 25.5 Å². The average Bonchev–Trinajstić information content (AvgIpc) is 3.33. The van der Waals surface area contributed by atoms with Gasteiger partial charge in [0.25, 0.3) is 5.91 Å². The van der Waals surface area contributed by atoms with E-state index < -0.39 is 6.04 Å². The number of nitrogens with one attached hydrogen (secondary N) is 1. The fourth-order valence-corrected chi connectivity index (χ4v) is 4.27. The molecule has 1 aromatic heterocycles. The van der Waals surface area contributed by atoms with Crippen LogP contribution in [0.2, 0.25) is 0 Å². The van der Waals surface area contributed by atoms with Gasteiger partial charge in [0.15, 0.2) is 0 Å². The van der Waals surface area contributed by atoms with Crippen LogP contribution in [0.3, 0.4) is 0 Å². The van der Waals surface area contributed by atoms with E-state index in [9.17, 15) is 9.59 Å². The molecule has 0 saturated carbocycles. The highest BCUT2D eigenvalue weighted by atomic mass is 32.2. The Kier molecular flexibility index (Phi) is 7.05. The number of methoxy groups -OCH3 is 1. The summed E-state index contributed by atoms with van der Waals surface area (Å²) in [4.78, 5) is 31.2. The molecular weight excluding hydrogens is 408 g/mol. The molecule has 1 aliphatic heterocycles. The zero-order valence-corrected chi connectivity index (χ0v) is 17.8. The summed E-state index contributed by atoms with van der Waals surface area (Å²) < 4.78 is 7.54. The normalized spacial score (nSPS) is 16.3. The van der Waals surface area contributed by atoms with E-state index in [1.165, 1.54) is 16.7 Å². The number of carbonyl (C=O) groups is 2. The Bertz CT molecular complexity index is 928. The minimum Gasteiger partial charge on any atom is -0.497 e. The number of hydrogen-bond acceptors (Lipinski definition) is 6. The number of carbonyl (C=O) groups excluding carboxylic acids is 2. The minimum atomic E-state index is -0.674. The molecule has 0 bridgehead atoms. The molecule has 1 fully saturated rings. The molecule has 152 valence electrons. The van der Waals surface area contributed by atoms with Crippen LogP contribution >= 0.6 is 24.0 Å². The van der Waals surface area contributed by atoms with Crippen molar-refractivity contribution in [2.45, 2.75) is 25.9 Å². The summed E-state index contributed by atoms with van der Waals surface area (Å²) in [5, 5.41) is 2.87. The molecule has 1 unspecified atom stereocenters. The van der Waals surface area contributed by atoms with Crippen LogP contribution in [0.4, 0.5) is 0 Å². The summed E-state index contributed by atoms with van der Waals surface area (Å²) in [5.74, 6) is 0.219. The fourth-order valence-electron chi connectivity index (χ4n) is 2.85. The van der Waals surface area contributed by atoms with Crippen molar-refractivity contribution >= 4 is 46.2 Å². The third kappa shape index (κ3) is 5.24. The molecular formula is C20H22N4O3S2. The van der Waals surface area contributed by atoms with E-state index in [4.69, 9.17) is 17.0 Å². The first-order chi connectivity index (χ1) is 14.0. The van der Waals surface area contributed by atoms with Gasteiger partial charge < -0.3 is 14.6 Å². The van der Waals surface area contributed by atoms with E-state index >= 15 is 0 Å². The number of aromatic nitrogens is 2. The maximum atomic E-state index is 12.8. The first kappa shape index (κ1) is 21.1. The monoisotopic (exact) mass is 430 g/mol. The maximum Gasteiger partial charge on any atom is 0.266 e. The number of nitrogens with zero attached hydrogens (tertiary/aromatic N) is 3. The number of amides is 2. The van der Waals surface area contributed by atoms with E-state index in [0.29, 0.717) is 21.5 Å². The van der Waals surface area contributed by atoms with Crippen LogP contribution in [0.25, 0.3) is 6.08 Å². The first-order valence-corrected chi connectivity index (χ1v) is 10.4. The lowest BCUT2D eigenvalue weighted by Gasteiger charge is -2.22. The average molecular weight is 431 g/mol. The molecule has 0 radical (unpaired) electrons. The second kappa shape index (κ2) is 9.71. The summed E-state index contributed by atoms with van der Waals surface area (Å²) in [5.41, 5.74) is 0.835. The molecule has 1 N–H and O–H groups in total. The highest BCUT2D eigenvalue weighted by Gasteiger charge is 2.38. The van der Waals surface area contributed by atoms with Crippen molar-refractivity contribution in [3.05, 3.63) is 53.5 Å². The van der Waals surface area contributed by atoms with Crippen molar-refractivity contribution in [1.29, 1.82) is 0 Å². The molecule has 0 spiro atoms. The van der Waals surface area contributed by atoms with Crippen molar-refractivity contribution in [1.82, 2.24) is 19.8 Å². The van der Waals surface area contributed by atoms with E-state index in [-0.39, 0.29) is 11.8 Å². The predicted octanol–water partition coefficient (Wildman–Crippen LogP) is 2.69. The molecule has 3 rings (SSSR count). The van der Waals surface area contributed by atoms with Crippen LogP contribution in [0.5, 0.6) is 5.75 Å². The molecule has 2 amide bonds. The summed E-state index contributed by atoms with van der Waals surface area (Å²) in [7, 11) is 1.59. The zero-order valence-electron chi connectivity index (χ0n) is 16.2. The van der Waals surface area contributed by atoms with E-state index in [1.54, 1.807) is 32.6 Å². The predicted molar refractivity (Wildman–Crippen MR) is 117 cm³/mol. The SMILES string of the molecule is COc1cccc(C=C2SC(=S)N(C(C)C(=O)NCCCn3ccnc3)C2=O)c1. The van der Waals surface area contributed by atoms with Gasteiger partial charge in [-0.15, -0.1) is 0 Å². The Morgan fingerprint density at radius 2 is 2.28 bits per heavy atom. The van der Waals surface area contributed by atoms with Gasteiger partial charge in [-0.1, -0.05) is 36.1 Å². The maximum absolute atomic E-state index is 12.8. The zero-order chi connectivity index (χ0) is 20.8. The molecule has 1 aromatic carbocycles. The number of aryl methyl sites for hydroxylation is 1. The second-order valence-electron chi connectivity index (χ2n) is 6.45. The van der Waals surface area contributed by atoms with Gasteiger partial charge in [0.2, 0.25) is 5.91 Å². The van der Waals surface area contributed by atoms with Crippen molar-refractivity contribution in [2.24, 2.45) is 0 Å². The first-order valence-electron chi connectivity index (χ1n) is 9.14. The number of rotatable bonds is 8. The summed E-state index contributed by atoms with van der Waals surface area (Å²) in [6.07, 6.45) is 7.85. The Balaban J connectivity index is 1.59. The summed E-state index contributed by atoms with van der Waals surface area (Å²) >= 11 is 6.56. The van der Waals surface area contributed by atoms with Crippen LogP contribution in [0, 0.1) is 0 Å². The van der Waals surface area contributed by atoms with Crippen molar-refractivity contribution in [3.8, 4) is 5.75 Å². The van der Waals surface area contributed by atoms with Gasteiger partial charge in [-0.2, -0.15) is 0 Å². The van der Waals surface area contributed by atoms with Gasteiger partial charge >= 0.3 is 0 Å². The largest absolute Gasteiger partial charge is 0.497 e. The van der Waals surface area contributed by atoms with Crippen molar-refractivity contribution in [3.63, 3.8) is 0 Å². The van der Waals surface area contributed by atoms with Crippen LogP contribution in [0.1, 0.15) is 18.9 Å². The van der Waals surface area contributed by atoms with Crippen LogP contribution in [0.15, 0.2) is 47.9 Å². The Hall–Kier alpha value is -2.65. The lowest BCUT2D eigenvalue weighted by molar-refractivity contribution is -0.132. The molecule has 9 heteroatoms. The highest BCUT2D eigenvalue weighted by molar-refractivity contribution is 8.26. The third-order valence-electron chi connectivity index (χ3n) is 4.43. The Labute approximate surface area is 179 Å². The smallest absolute Gasteiger partial charge is 0.266 e. The van der Waals surface area contributed by atoms with E-state index in [1.807, 2.05) is 35.0 Å². The van der Waals surface area contributed by atoms with Crippen LogP contribution in [-0.4, -0.2) is 50.3 Å². The molecule has 1 aliphatic rings. The standard InChI is InChI=1S/C20H22N4O3S2/c1-14(18(25)22-7-4-9-23-10-8-21-13-23)24-19(26)17(29-20(24)28)12-15-5-3-6-16(11-15)27-2/h3,5-6,8,10-14H,4,7,9H2,1-2H3,(H,22,25). The Morgan fingerprint density at radius 1 is 1.45 bits per heavy atom. The fraction of sp³-hybridized carbons (Fsp3) is 0.300. The van der Waals surface area contributed by atoms with Crippen molar-refractivity contribution in [2.75, 3.05) is 13.7 Å². The van der Waals surface area contributed by atoms with Crippen LogP contribution in [-0.2, 0) is 16.1 Å². The van der Waals surface area contributed by atoms with E-state index in [0.717, 1.165) is 18.5 Å². The second-order valence-corrected chi connectivity index (χ2v) is 8.13. The van der Waals surface area contributed by atoms with Gasteiger partial charge in [0.05, 0.1) is 18.3 Å². The Morgan fingerprint density at radius 3 is 3.00 bits per heavy atom. The number of hydrogen-bond donors (Lipinski definition) is 1. The third-order valence-corrected chi connectivity index (χ3v) is 5.76. The van der Waals surface area contributed by atoms with Gasteiger partial charge in [-0.05, 0) is 37.1 Å². The quantitative estimate of drug-likeness (QED) is 0.394. The van der Waals surface area contributed by atoms with Gasteiger partial charge in [-0.25, -0.2) is 4.98 Å². The molecule has 0 aliphatic carbocycles. The molecule has 2 heterocycles. The van der Waals surface area contributed by atoms with Gasteiger partial charge in [0.1, 0.15) is 16.1 Å². The number of benzene rings is 1.